The van der Waals surface area contributed by atoms with Crippen molar-refractivity contribution in [1.82, 2.24) is 5.32 Å². The Hall–Kier alpha value is -1.41. The Kier molecular flexibility index (Phi) is 7.73. The van der Waals surface area contributed by atoms with Gasteiger partial charge in [0.15, 0.2) is 6.29 Å². The number of carbonyl (C=O) groups excluding carboxylic acids is 1. The summed E-state index contributed by atoms with van der Waals surface area (Å²) in [6.45, 7) is 10.3. The third-order valence-electron chi connectivity index (χ3n) is 5.53. The highest BCUT2D eigenvalue weighted by molar-refractivity contribution is 6.76. The predicted molar refractivity (Wildman–Crippen MR) is 115 cm³/mol. The molecule has 2 aliphatic heterocycles. The van der Waals surface area contributed by atoms with Crippen molar-refractivity contribution in [2.24, 2.45) is 0 Å². The Balaban J connectivity index is 1.51. The van der Waals surface area contributed by atoms with Gasteiger partial charge in [0.25, 0.3) is 0 Å². The van der Waals surface area contributed by atoms with E-state index in [0.717, 1.165) is 43.0 Å². The number of carbonyl (C=O) groups is 1. The lowest BCUT2D eigenvalue weighted by atomic mass is 9.78. The van der Waals surface area contributed by atoms with Gasteiger partial charge in [0, 0.05) is 21.2 Å². The van der Waals surface area contributed by atoms with E-state index in [9.17, 15) is 4.79 Å². The van der Waals surface area contributed by atoms with E-state index in [1.165, 1.54) is 0 Å². The summed E-state index contributed by atoms with van der Waals surface area (Å²) < 4.78 is 22.4. The van der Waals surface area contributed by atoms with Crippen LogP contribution in [0.25, 0.3) is 0 Å². The first kappa shape index (κ1) is 22.3. The minimum atomic E-state index is -1.20. The van der Waals surface area contributed by atoms with E-state index < -0.39 is 8.07 Å². The van der Waals surface area contributed by atoms with Crippen LogP contribution >= 0.6 is 0 Å². The molecule has 29 heavy (non-hydrogen) atoms. The van der Waals surface area contributed by atoms with Crippen LogP contribution < -0.4 is 5.32 Å². The lowest BCUT2D eigenvalue weighted by Crippen LogP contribution is -2.54. The Morgan fingerprint density at radius 3 is 2.76 bits per heavy atom. The van der Waals surface area contributed by atoms with Gasteiger partial charge in [-0.25, -0.2) is 4.79 Å². The molecule has 3 rings (SSSR count). The molecular formula is C22H35NO5Si. The standard InChI is InChI=1S/C22H35NO5Si/c1-29(2,3)12-11-27-21(24)23-15-22(16-25-17-22)19-8-6-7-18(13-19)14-28-20-9-4-5-10-26-20/h6-8,13,20H,4-5,9-12,14-17H2,1-3H3,(H,23,24). The lowest BCUT2D eigenvalue weighted by molar-refractivity contribution is -0.168. The van der Waals surface area contributed by atoms with Gasteiger partial charge in [0.1, 0.15) is 0 Å². The number of ether oxygens (including phenoxy) is 4. The van der Waals surface area contributed by atoms with Gasteiger partial charge in [-0.05, 0) is 36.4 Å². The number of hydrogen-bond donors (Lipinski definition) is 1. The van der Waals surface area contributed by atoms with Crippen molar-refractivity contribution in [2.75, 3.05) is 33.0 Å². The van der Waals surface area contributed by atoms with Crippen LogP contribution in [0.3, 0.4) is 0 Å². The zero-order chi connectivity index (χ0) is 20.7. The number of benzene rings is 1. The van der Waals surface area contributed by atoms with Crippen LogP contribution in [0.1, 0.15) is 30.4 Å². The molecule has 1 unspecified atom stereocenters. The summed E-state index contributed by atoms with van der Waals surface area (Å²) in [5.74, 6) is 0. The largest absolute Gasteiger partial charge is 0.450 e. The average molecular weight is 422 g/mol. The molecule has 0 bridgehead atoms. The topological polar surface area (TPSA) is 66.0 Å². The summed E-state index contributed by atoms with van der Waals surface area (Å²) in [6, 6.07) is 9.34. The summed E-state index contributed by atoms with van der Waals surface area (Å²) in [5, 5.41) is 2.94. The van der Waals surface area contributed by atoms with Crippen molar-refractivity contribution in [3.63, 3.8) is 0 Å². The van der Waals surface area contributed by atoms with Gasteiger partial charge < -0.3 is 24.3 Å². The summed E-state index contributed by atoms with van der Waals surface area (Å²) in [6.07, 6.45) is 2.79. The van der Waals surface area contributed by atoms with E-state index in [1.807, 2.05) is 6.07 Å². The molecule has 0 aliphatic carbocycles. The van der Waals surface area contributed by atoms with Crippen LogP contribution in [-0.2, 0) is 31.0 Å². The maximum atomic E-state index is 12.1. The zero-order valence-electron chi connectivity index (χ0n) is 18.0. The summed E-state index contributed by atoms with van der Waals surface area (Å²) in [7, 11) is -1.20. The first-order valence-electron chi connectivity index (χ1n) is 10.7. The molecule has 6 nitrogen and oxygen atoms in total. The van der Waals surface area contributed by atoms with Crippen molar-refractivity contribution in [2.45, 2.75) is 63.3 Å². The minimum absolute atomic E-state index is 0.0963. The highest BCUT2D eigenvalue weighted by atomic mass is 28.3. The third kappa shape index (κ3) is 6.81. The van der Waals surface area contributed by atoms with Gasteiger partial charge >= 0.3 is 6.09 Å². The van der Waals surface area contributed by atoms with Crippen LogP contribution in [0.4, 0.5) is 4.79 Å². The van der Waals surface area contributed by atoms with Gasteiger partial charge in [-0.3, -0.25) is 0 Å². The summed E-state index contributed by atoms with van der Waals surface area (Å²) >= 11 is 0. The minimum Gasteiger partial charge on any atom is -0.450 e. The van der Waals surface area contributed by atoms with Crippen LogP contribution in [0, 0.1) is 0 Å². The van der Waals surface area contributed by atoms with Crippen molar-refractivity contribution < 1.29 is 23.7 Å². The number of hydrogen-bond acceptors (Lipinski definition) is 5. The molecule has 162 valence electrons. The molecule has 2 fully saturated rings. The number of amides is 1. The monoisotopic (exact) mass is 421 g/mol. The Labute approximate surface area is 175 Å². The molecule has 1 aromatic rings. The van der Waals surface area contributed by atoms with E-state index >= 15 is 0 Å². The molecule has 0 spiro atoms. The maximum Gasteiger partial charge on any atom is 0.407 e. The Bertz CT molecular complexity index is 665. The van der Waals surface area contributed by atoms with Crippen molar-refractivity contribution in [1.29, 1.82) is 0 Å². The van der Waals surface area contributed by atoms with Crippen LogP contribution in [0.2, 0.25) is 25.7 Å². The van der Waals surface area contributed by atoms with Crippen molar-refractivity contribution in [3.8, 4) is 0 Å². The molecule has 2 aliphatic rings. The molecule has 2 saturated heterocycles. The molecule has 0 aromatic heterocycles. The third-order valence-corrected chi connectivity index (χ3v) is 7.23. The van der Waals surface area contributed by atoms with Gasteiger partial charge in [0.05, 0.1) is 31.8 Å². The van der Waals surface area contributed by atoms with Gasteiger partial charge in [0.2, 0.25) is 0 Å². The average Bonchev–Trinajstić information content (AvgIpc) is 2.66. The van der Waals surface area contributed by atoms with E-state index in [-0.39, 0.29) is 17.8 Å². The molecular weight excluding hydrogens is 386 g/mol. The van der Waals surface area contributed by atoms with Crippen molar-refractivity contribution in [3.05, 3.63) is 35.4 Å². The lowest BCUT2D eigenvalue weighted by Gasteiger charge is -2.42. The second-order valence-electron chi connectivity index (χ2n) is 9.38. The van der Waals surface area contributed by atoms with Gasteiger partial charge in [-0.2, -0.15) is 0 Å². The first-order chi connectivity index (χ1) is 13.9. The number of nitrogens with one attached hydrogen (secondary N) is 1. The van der Waals surface area contributed by atoms with E-state index in [1.54, 1.807) is 0 Å². The summed E-state index contributed by atoms with van der Waals surface area (Å²) in [4.78, 5) is 12.1. The van der Waals surface area contributed by atoms with E-state index in [0.29, 0.717) is 33.0 Å². The highest BCUT2D eigenvalue weighted by Crippen LogP contribution is 2.32. The second kappa shape index (κ2) is 10.1. The second-order valence-corrected chi connectivity index (χ2v) is 15.0. The smallest absolute Gasteiger partial charge is 0.407 e. The van der Waals surface area contributed by atoms with Gasteiger partial charge in [-0.1, -0.05) is 43.9 Å². The van der Waals surface area contributed by atoms with E-state index in [2.05, 4.69) is 43.2 Å². The van der Waals surface area contributed by atoms with Crippen molar-refractivity contribution >= 4 is 14.2 Å². The molecule has 1 amide bonds. The normalized spacial score (nSPS) is 21.3. The SMILES string of the molecule is C[Si](C)(C)CCOC(=O)NCC1(c2cccc(COC3CCCCO3)c2)COC1. The Morgan fingerprint density at radius 1 is 1.28 bits per heavy atom. The molecule has 1 N–H and O–H groups in total. The molecule has 1 aromatic carbocycles. The highest BCUT2D eigenvalue weighted by Gasteiger charge is 2.41. The number of alkyl carbamates (subject to hydrolysis) is 1. The molecule has 7 heteroatoms. The van der Waals surface area contributed by atoms with Crippen LogP contribution in [0.15, 0.2) is 24.3 Å². The summed E-state index contributed by atoms with van der Waals surface area (Å²) in [5.41, 5.74) is 2.08. The fourth-order valence-electron chi connectivity index (χ4n) is 3.48. The number of rotatable bonds is 9. The fourth-order valence-corrected chi connectivity index (χ4v) is 4.20. The molecule has 0 radical (unpaired) electrons. The molecule has 0 saturated carbocycles. The predicted octanol–water partition coefficient (Wildman–Crippen LogP) is 4.06. The van der Waals surface area contributed by atoms with Gasteiger partial charge in [-0.15, -0.1) is 0 Å². The first-order valence-corrected chi connectivity index (χ1v) is 14.4. The van der Waals surface area contributed by atoms with Crippen LogP contribution in [-0.4, -0.2) is 53.4 Å². The maximum absolute atomic E-state index is 12.1. The van der Waals surface area contributed by atoms with Crippen LogP contribution in [0.5, 0.6) is 0 Å². The molecule has 1 atom stereocenters. The Morgan fingerprint density at radius 2 is 2.10 bits per heavy atom. The zero-order valence-corrected chi connectivity index (χ0v) is 19.0. The fraction of sp³-hybridized carbons (Fsp3) is 0.682. The quantitative estimate of drug-likeness (QED) is 0.609. The molecule has 2 heterocycles. The van der Waals surface area contributed by atoms with E-state index in [4.69, 9.17) is 18.9 Å².